The van der Waals surface area contributed by atoms with Gasteiger partial charge in [-0.15, -0.1) is 0 Å². The molecule has 1 saturated heterocycles. The highest BCUT2D eigenvalue weighted by Crippen LogP contribution is 2.33. The van der Waals surface area contributed by atoms with Crippen molar-refractivity contribution in [1.82, 2.24) is 19.5 Å². The SMILES string of the molecule is Cc1ccc(-c2cc(C(F)(F)F)nn2-c2ccc(S(=O)(=O)NC(=O)OCC3CCN(N=NOC(C)OC(=O)C(C)C)CC3)cc2)cc1. The summed E-state index contributed by atoms with van der Waals surface area (Å²) in [5, 5.41) is 12.9. The molecule has 0 spiro atoms. The summed E-state index contributed by atoms with van der Waals surface area (Å²) in [5.41, 5.74) is 0.648. The fourth-order valence-corrected chi connectivity index (χ4v) is 5.33. The molecular weight excluding hydrogens is 645 g/mol. The predicted molar refractivity (Wildman–Crippen MR) is 161 cm³/mol. The molecule has 1 aliphatic rings. The lowest BCUT2D eigenvalue weighted by molar-refractivity contribution is -0.181. The summed E-state index contributed by atoms with van der Waals surface area (Å²) in [6.45, 7) is 7.66. The van der Waals surface area contributed by atoms with Gasteiger partial charge in [0.2, 0.25) is 0 Å². The van der Waals surface area contributed by atoms with Gasteiger partial charge in [0.1, 0.15) is 0 Å². The summed E-state index contributed by atoms with van der Waals surface area (Å²) in [4.78, 5) is 28.6. The molecule has 0 radical (unpaired) electrons. The van der Waals surface area contributed by atoms with E-state index in [0.29, 0.717) is 31.5 Å². The van der Waals surface area contributed by atoms with E-state index in [-0.39, 0.29) is 34.7 Å². The monoisotopic (exact) mass is 680 g/mol. The second kappa shape index (κ2) is 14.8. The summed E-state index contributed by atoms with van der Waals surface area (Å²) in [5.74, 6) is -0.784. The van der Waals surface area contributed by atoms with E-state index in [9.17, 15) is 31.2 Å². The smallest absolute Gasteiger partial charge is 0.435 e. The summed E-state index contributed by atoms with van der Waals surface area (Å²) in [6.07, 6.45) is -5.61. The van der Waals surface area contributed by atoms with E-state index >= 15 is 0 Å². The average molecular weight is 681 g/mol. The molecule has 3 aromatic rings. The van der Waals surface area contributed by atoms with Crippen LogP contribution in [-0.2, 0) is 35.3 Å². The zero-order valence-electron chi connectivity index (χ0n) is 26.1. The van der Waals surface area contributed by atoms with Crippen molar-refractivity contribution < 1.29 is 45.5 Å². The van der Waals surface area contributed by atoms with Crippen molar-refractivity contribution in [2.45, 2.75) is 57.9 Å². The van der Waals surface area contributed by atoms with Gasteiger partial charge in [0, 0.05) is 30.9 Å². The second-order valence-electron chi connectivity index (χ2n) is 11.2. The highest BCUT2D eigenvalue weighted by Gasteiger charge is 2.35. The third-order valence-corrected chi connectivity index (χ3v) is 8.44. The molecule has 0 aliphatic carbocycles. The van der Waals surface area contributed by atoms with E-state index in [1.165, 1.54) is 19.1 Å². The molecule has 17 heteroatoms. The van der Waals surface area contributed by atoms with Gasteiger partial charge >= 0.3 is 18.2 Å². The lowest BCUT2D eigenvalue weighted by atomic mass is 9.99. The molecule has 1 atom stereocenters. The third kappa shape index (κ3) is 9.67. The number of aromatic nitrogens is 2. The van der Waals surface area contributed by atoms with Crippen LogP contribution < -0.4 is 4.72 Å². The number of esters is 1. The van der Waals surface area contributed by atoms with Gasteiger partial charge in [-0.25, -0.2) is 22.6 Å². The second-order valence-corrected chi connectivity index (χ2v) is 12.9. The number of nitrogens with one attached hydrogen (secondary N) is 1. The fraction of sp³-hybridized carbons (Fsp3) is 0.433. The van der Waals surface area contributed by atoms with Gasteiger partial charge in [-0.3, -0.25) is 9.80 Å². The lowest BCUT2D eigenvalue weighted by Gasteiger charge is -2.28. The Morgan fingerprint density at radius 3 is 2.28 bits per heavy atom. The van der Waals surface area contributed by atoms with Gasteiger partial charge in [0.15, 0.2) is 5.69 Å². The van der Waals surface area contributed by atoms with Crippen LogP contribution in [0.4, 0.5) is 18.0 Å². The van der Waals surface area contributed by atoms with E-state index in [1.54, 1.807) is 43.1 Å². The van der Waals surface area contributed by atoms with E-state index in [2.05, 4.69) is 15.6 Å². The van der Waals surface area contributed by atoms with Crippen molar-refractivity contribution in [3.63, 3.8) is 0 Å². The molecule has 1 fully saturated rings. The molecule has 47 heavy (non-hydrogen) atoms. The minimum atomic E-state index is -4.69. The van der Waals surface area contributed by atoms with Crippen LogP contribution in [0.25, 0.3) is 16.9 Å². The average Bonchev–Trinajstić information content (AvgIpc) is 3.47. The van der Waals surface area contributed by atoms with E-state index in [0.717, 1.165) is 28.4 Å². The van der Waals surface area contributed by atoms with Crippen molar-refractivity contribution >= 4 is 22.1 Å². The minimum Gasteiger partial charge on any atom is -0.449 e. The standard InChI is InChI=1S/C30H35F3N6O7S/c1-19(2)28(40)45-21(4)46-37-36-38-15-13-22(14-16-38)18-44-29(41)35-47(42,43)25-11-9-24(10-12-25)39-26(17-27(34-39)30(31,32)33)23-7-5-20(3)6-8-23/h5-12,17,19,21-22H,13-16,18H2,1-4H3,(H,35,41). The number of amides is 1. The quantitative estimate of drug-likeness (QED) is 0.114. The zero-order chi connectivity index (χ0) is 34.4. The minimum absolute atomic E-state index is 0.0351. The third-order valence-electron chi connectivity index (χ3n) is 7.11. The van der Waals surface area contributed by atoms with Crippen molar-refractivity contribution in [3.05, 3.63) is 65.9 Å². The van der Waals surface area contributed by atoms with Gasteiger partial charge in [0.05, 0.1) is 28.8 Å². The first-order valence-electron chi connectivity index (χ1n) is 14.7. The summed E-state index contributed by atoms with van der Waals surface area (Å²) < 4.78 is 79.3. The molecule has 2 heterocycles. The number of hydrogen-bond acceptors (Lipinski definition) is 10. The van der Waals surface area contributed by atoms with Crippen molar-refractivity contribution in [2.24, 2.45) is 22.3 Å². The first-order chi connectivity index (χ1) is 22.1. The van der Waals surface area contributed by atoms with Crippen LogP contribution in [0.15, 0.2) is 70.0 Å². The van der Waals surface area contributed by atoms with Crippen LogP contribution in [0.2, 0.25) is 0 Å². The van der Waals surface area contributed by atoms with Crippen LogP contribution in [0.3, 0.4) is 0 Å². The van der Waals surface area contributed by atoms with E-state index < -0.39 is 40.2 Å². The zero-order valence-corrected chi connectivity index (χ0v) is 26.9. The molecule has 13 nitrogen and oxygen atoms in total. The number of nitrogens with zero attached hydrogens (tertiary/aromatic N) is 5. The highest BCUT2D eigenvalue weighted by molar-refractivity contribution is 7.90. The van der Waals surface area contributed by atoms with Gasteiger partial charge in [-0.05, 0) is 61.2 Å². The van der Waals surface area contributed by atoms with Crippen LogP contribution in [0.1, 0.15) is 44.9 Å². The molecule has 2 aromatic carbocycles. The number of sulfonamides is 1. The maximum atomic E-state index is 13.5. The van der Waals surface area contributed by atoms with Crippen LogP contribution >= 0.6 is 0 Å². The summed E-state index contributed by atoms with van der Waals surface area (Å²) in [6, 6.07) is 12.7. The number of piperidine rings is 1. The Balaban J connectivity index is 1.30. The molecule has 1 N–H and O–H groups in total. The number of aryl methyl sites for hydroxylation is 1. The Morgan fingerprint density at radius 1 is 1.04 bits per heavy atom. The summed E-state index contributed by atoms with van der Waals surface area (Å²) in [7, 11) is -4.35. The number of rotatable bonds is 11. The Morgan fingerprint density at radius 2 is 1.68 bits per heavy atom. The van der Waals surface area contributed by atoms with Crippen molar-refractivity contribution in [3.8, 4) is 16.9 Å². The number of benzene rings is 2. The Bertz CT molecular complexity index is 1670. The maximum Gasteiger partial charge on any atom is 0.435 e. The predicted octanol–water partition coefficient (Wildman–Crippen LogP) is 5.84. The molecule has 1 unspecified atom stereocenters. The lowest BCUT2D eigenvalue weighted by Crippen LogP contribution is -2.35. The molecule has 1 aromatic heterocycles. The number of halogens is 3. The molecule has 254 valence electrons. The largest absolute Gasteiger partial charge is 0.449 e. The van der Waals surface area contributed by atoms with Crippen molar-refractivity contribution in [1.29, 1.82) is 0 Å². The molecule has 0 bridgehead atoms. The molecular formula is C30H35F3N6O7S. The number of ether oxygens (including phenoxy) is 2. The number of alkyl halides is 3. The normalized spacial score (nSPS) is 15.1. The Kier molecular flexibility index (Phi) is 11.1. The van der Waals surface area contributed by atoms with Crippen LogP contribution in [0, 0.1) is 18.8 Å². The summed E-state index contributed by atoms with van der Waals surface area (Å²) >= 11 is 0. The van der Waals surface area contributed by atoms with Gasteiger partial charge < -0.3 is 14.3 Å². The number of hydrogen-bond donors (Lipinski definition) is 1. The Labute approximate surface area is 269 Å². The molecule has 1 aliphatic heterocycles. The topological polar surface area (TPSA) is 154 Å². The van der Waals surface area contributed by atoms with Gasteiger partial charge in [-0.1, -0.05) is 43.7 Å². The van der Waals surface area contributed by atoms with E-state index in [4.69, 9.17) is 14.3 Å². The number of carbonyl (C=O) groups excluding carboxylic acids is 2. The first-order valence-corrected chi connectivity index (χ1v) is 16.2. The van der Waals surface area contributed by atoms with Crippen LogP contribution in [0.5, 0.6) is 0 Å². The molecule has 1 amide bonds. The highest BCUT2D eigenvalue weighted by atomic mass is 32.2. The van der Waals surface area contributed by atoms with E-state index in [1.807, 2.05) is 11.6 Å². The first kappa shape index (κ1) is 35.2. The number of carbonyl (C=O) groups is 2. The van der Waals surface area contributed by atoms with Crippen LogP contribution in [-0.4, -0.2) is 61.3 Å². The van der Waals surface area contributed by atoms with Gasteiger partial charge in [-0.2, -0.15) is 18.3 Å². The molecule has 4 rings (SSSR count). The Hall–Kier alpha value is -4.67. The maximum absolute atomic E-state index is 13.5. The van der Waals surface area contributed by atoms with Crippen molar-refractivity contribution in [2.75, 3.05) is 19.7 Å². The molecule has 0 saturated carbocycles. The fourth-order valence-electron chi connectivity index (χ4n) is 4.44. The van der Waals surface area contributed by atoms with Gasteiger partial charge in [0.25, 0.3) is 16.3 Å².